The van der Waals surface area contributed by atoms with Crippen molar-refractivity contribution < 1.29 is 0 Å². The van der Waals surface area contributed by atoms with E-state index in [0.29, 0.717) is 0 Å². The van der Waals surface area contributed by atoms with Crippen molar-refractivity contribution >= 4 is 34.4 Å². The molecule has 4 aliphatic rings. The van der Waals surface area contributed by atoms with E-state index < -0.39 is 0 Å². The van der Waals surface area contributed by atoms with Crippen LogP contribution in [0, 0.1) is 23.7 Å². The van der Waals surface area contributed by atoms with Gasteiger partial charge in [0.15, 0.2) is 0 Å². The van der Waals surface area contributed by atoms with Crippen molar-refractivity contribution in [3.8, 4) is 0 Å². The summed E-state index contributed by atoms with van der Waals surface area (Å²) in [4.78, 5) is 0. The third-order valence-electron chi connectivity index (χ3n) is 11.1. The Labute approximate surface area is 229 Å². The topological polar surface area (TPSA) is 0 Å². The van der Waals surface area contributed by atoms with Crippen LogP contribution in [0.15, 0.2) is 22.7 Å². The van der Waals surface area contributed by atoms with Gasteiger partial charge < -0.3 is 0 Å². The van der Waals surface area contributed by atoms with Gasteiger partial charge in [-0.25, -0.2) is 0 Å². The second-order valence-corrected chi connectivity index (χ2v) is 15.6. The van der Waals surface area contributed by atoms with Crippen molar-refractivity contribution in [1.29, 1.82) is 0 Å². The zero-order chi connectivity index (χ0) is 24.3. The highest BCUT2D eigenvalue weighted by molar-refractivity contribution is 9.10. The third kappa shape index (κ3) is 5.38. The molecule has 0 spiro atoms. The second-order valence-electron chi connectivity index (χ2n) is 12.9. The van der Waals surface area contributed by atoms with E-state index in [1.807, 2.05) is 0 Å². The van der Waals surface area contributed by atoms with Crippen LogP contribution >= 0.6 is 34.4 Å². The van der Waals surface area contributed by atoms with Gasteiger partial charge >= 0.3 is 0 Å². The van der Waals surface area contributed by atoms with Gasteiger partial charge in [0, 0.05) is 14.8 Å². The molecule has 0 amide bonds. The van der Waals surface area contributed by atoms with Gasteiger partial charge in [-0.2, -0.15) is 0 Å². The van der Waals surface area contributed by atoms with Crippen molar-refractivity contribution in [2.75, 3.05) is 0 Å². The van der Waals surface area contributed by atoms with E-state index in [0.717, 1.165) is 23.7 Å². The average Bonchev–Trinajstić information content (AvgIpc) is 2.94. The first kappa shape index (κ1) is 27.1. The Morgan fingerprint density at radius 3 is 1.00 bits per heavy atom. The fourth-order valence-corrected chi connectivity index (χ4v) is 12.3. The van der Waals surface area contributed by atoms with Gasteiger partial charge in [-0.15, -0.1) is 18.5 Å². The molecule has 196 valence electrons. The lowest BCUT2D eigenvalue weighted by Gasteiger charge is -2.50. The van der Waals surface area contributed by atoms with Gasteiger partial charge in [-0.05, 0) is 86.2 Å². The van der Waals surface area contributed by atoms with Crippen LogP contribution < -0.4 is 0 Å². The summed E-state index contributed by atoms with van der Waals surface area (Å²) in [6.45, 7) is 0. The minimum absolute atomic E-state index is 0.236. The minimum atomic E-state index is 0.236. The summed E-state index contributed by atoms with van der Waals surface area (Å²) < 4.78 is 1.50. The Morgan fingerprint density at radius 2 is 0.743 bits per heavy atom. The molecule has 0 aliphatic heterocycles. The highest BCUT2D eigenvalue weighted by Crippen LogP contribution is 2.60. The van der Waals surface area contributed by atoms with Crippen molar-refractivity contribution in [1.82, 2.24) is 0 Å². The molecule has 0 N–H and O–H groups in total. The zero-order valence-corrected chi connectivity index (χ0v) is 26.1. The summed E-state index contributed by atoms with van der Waals surface area (Å²) >= 11 is 4.39. The molecule has 1 aromatic carbocycles. The normalized spacial score (nSPS) is 25.1. The van der Waals surface area contributed by atoms with Gasteiger partial charge in [0.05, 0.1) is 0 Å². The van der Waals surface area contributed by atoms with Crippen LogP contribution in [0.25, 0.3) is 0 Å². The maximum atomic E-state index is 4.39. The van der Waals surface area contributed by atoms with Crippen molar-refractivity contribution in [2.24, 2.45) is 23.7 Å². The highest BCUT2D eigenvalue weighted by atomic mass is 79.9. The third-order valence-corrected chi connectivity index (χ3v) is 14.4. The quantitative estimate of drug-likeness (QED) is 0.295. The summed E-state index contributed by atoms with van der Waals surface area (Å²) in [6, 6.07) is 7.54. The van der Waals surface area contributed by atoms with E-state index in [-0.39, 0.29) is 10.3 Å². The number of rotatable bonds is 6. The van der Waals surface area contributed by atoms with Gasteiger partial charge in [0.1, 0.15) is 0 Å². The second kappa shape index (κ2) is 12.2. The summed E-state index contributed by atoms with van der Waals surface area (Å²) in [5, 5.41) is 0.473. The van der Waals surface area contributed by atoms with E-state index in [1.54, 1.807) is 11.1 Å². The Balaban J connectivity index is 1.59. The van der Waals surface area contributed by atoms with E-state index in [2.05, 4.69) is 52.6 Å². The van der Waals surface area contributed by atoms with Crippen LogP contribution in [0.5, 0.6) is 0 Å². The fraction of sp³-hybridized carbons (Fsp3) is 0.812. The Morgan fingerprint density at radius 1 is 0.486 bits per heavy atom. The fourth-order valence-electron chi connectivity index (χ4n) is 9.07. The van der Waals surface area contributed by atoms with Gasteiger partial charge in [-0.1, -0.05) is 111 Å². The molecule has 2 unspecified atom stereocenters. The zero-order valence-electron chi connectivity index (χ0n) is 22.2. The molecule has 2 atom stereocenters. The first-order chi connectivity index (χ1) is 17.1. The number of hydrogen-bond donors (Lipinski definition) is 0. The summed E-state index contributed by atoms with van der Waals surface area (Å²) in [5.41, 5.74) is 3.30. The van der Waals surface area contributed by atoms with Crippen molar-refractivity contribution in [3.05, 3.63) is 33.8 Å². The molecule has 0 nitrogen and oxygen atoms in total. The molecule has 3 heteroatoms. The largest absolute Gasteiger partial charge is 0.126 e. The molecule has 35 heavy (non-hydrogen) atoms. The summed E-state index contributed by atoms with van der Waals surface area (Å²) in [7, 11) is 7.13. The first-order valence-corrected chi connectivity index (χ1v) is 17.4. The molecule has 0 bridgehead atoms. The molecular formula is C32H51BrP2. The highest BCUT2D eigenvalue weighted by Gasteiger charge is 2.48. The van der Waals surface area contributed by atoms with Crippen LogP contribution in [-0.4, -0.2) is 0 Å². The molecule has 4 aliphatic carbocycles. The van der Waals surface area contributed by atoms with Crippen molar-refractivity contribution in [2.45, 2.75) is 139 Å². The molecular weight excluding hydrogens is 526 g/mol. The van der Waals surface area contributed by atoms with E-state index in [4.69, 9.17) is 0 Å². The Kier molecular flexibility index (Phi) is 9.43. The van der Waals surface area contributed by atoms with Gasteiger partial charge in [-0.3, -0.25) is 0 Å². The van der Waals surface area contributed by atoms with E-state index >= 15 is 0 Å². The maximum Gasteiger partial charge on any atom is 0.0257 e. The smallest absolute Gasteiger partial charge is 0.0257 e. The molecule has 4 fully saturated rings. The van der Waals surface area contributed by atoms with Gasteiger partial charge in [0.2, 0.25) is 0 Å². The number of benzene rings is 1. The van der Waals surface area contributed by atoms with Crippen LogP contribution in [-0.2, 0) is 10.3 Å². The number of halogens is 1. The summed E-state index contributed by atoms with van der Waals surface area (Å²) in [5.74, 6) is 3.27. The Hall–Kier alpha value is 0.560. The van der Waals surface area contributed by atoms with E-state index in [9.17, 15) is 0 Å². The Bertz CT molecular complexity index is 711. The molecule has 1 aromatic rings. The minimum Gasteiger partial charge on any atom is -0.126 e. The molecule has 5 rings (SSSR count). The van der Waals surface area contributed by atoms with Crippen LogP contribution in [0.4, 0.5) is 0 Å². The van der Waals surface area contributed by atoms with Crippen LogP contribution in [0.3, 0.4) is 0 Å². The standard InChI is InChI=1S/C32H51BrP2/c33-30-28(31(34,24-14-5-1-6-15-24)25-16-7-2-8-17-25)22-13-23-29(30)32(35,26-18-9-3-10-19-26)27-20-11-4-12-21-27/h13,22-27H,1-12,14-21,34-35H2. The first-order valence-electron chi connectivity index (χ1n) is 15.4. The lowest BCUT2D eigenvalue weighted by molar-refractivity contribution is 0.168. The lowest BCUT2D eigenvalue weighted by atomic mass is 9.63. The molecule has 0 radical (unpaired) electrons. The average molecular weight is 578 g/mol. The summed E-state index contributed by atoms with van der Waals surface area (Å²) in [6.07, 6.45) is 28.6. The van der Waals surface area contributed by atoms with E-state index in [1.165, 1.54) is 133 Å². The number of hydrogen-bond acceptors (Lipinski definition) is 0. The van der Waals surface area contributed by atoms with Crippen molar-refractivity contribution in [3.63, 3.8) is 0 Å². The predicted octanol–water partition coefficient (Wildman–Crippen LogP) is 10.9. The monoisotopic (exact) mass is 576 g/mol. The van der Waals surface area contributed by atoms with Gasteiger partial charge in [0.25, 0.3) is 0 Å². The van der Waals surface area contributed by atoms with Crippen LogP contribution in [0.1, 0.15) is 140 Å². The molecule has 0 heterocycles. The van der Waals surface area contributed by atoms with Crippen LogP contribution in [0.2, 0.25) is 0 Å². The predicted molar refractivity (Wildman–Crippen MR) is 163 cm³/mol. The molecule has 0 saturated heterocycles. The molecule has 0 aromatic heterocycles. The lowest BCUT2D eigenvalue weighted by Crippen LogP contribution is -2.42. The maximum absolute atomic E-state index is 4.39. The molecule has 4 saturated carbocycles. The SMILES string of the molecule is PC(c1cccc(C(P)(C2CCCCC2)C2CCCCC2)c1Br)(C1CCCCC1)C1CCCCC1.